The third-order valence-electron chi connectivity index (χ3n) is 6.83. The Balaban J connectivity index is 1.20. The number of fused-ring (bicyclic) bond motifs is 1. The first kappa shape index (κ1) is 26.5. The van der Waals surface area contributed by atoms with Crippen LogP contribution in [0.3, 0.4) is 0 Å². The van der Waals surface area contributed by atoms with Crippen LogP contribution < -0.4 is 14.8 Å². The number of halogens is 3. The molecular formula is C26H27F3N6O4. The van der Waals surface area contributed by atoms with Crippen LogP contribution >= 0.6 is 0 Å². The summed E-state index contributed by atoms with van der Waals surface area (Å²) < 4.78 is 49.2. The molecule has 2 amide bonds. The number of pyridine rings is 1. The van der Waals surface area contributed by atoms with E-state index < -0.39 is 12.5 Å². The molecule has 1 aromatic carbocycles. The maximum Gasteiger partial charge on any atom is 0.573 e. The van der Waals surface area contributed by atoms with Crippen LogP contribution in [0.25, 0.3) is 0 Å². The number of amides is 2. The van der Waals surface area contributed by atoms with E-state index in [-0.39, 0.29) is 36.5 Å². The number of imidazole rings is 1. The minimum atomic E-state index is -4.82. The highest BCUT2D eigenvalue weighted by Gasteiger charge is 2.56. The molecule has 1 aliphatic carbocycles. The number of anilines is 1. The summed E-state index contributed by atoms with van der Waals surface area (Å²) in [6, 6.07) is 9.05. The average Bonchev–Trinajstić information content (AvgIpc) is 3.16. The number of benzene rings is 1. The predicted molar refractivity (Wildman–Crippen MR) is 133 cm³/mol. The number of rotatable bonds is 9. The van der Waals surface area contributed by atoms with E-state index in [2.05, 4.69) is 24.9 Å². The fourth-order valence-corrected chi connectivity index (χ4v) is 5.09. The third kappa shape index (κ3) is 7.05. The second-order valence-corrected chi connectivity index (χ2v) is 9.80. The fourth-order valence-electron chi connectivity index (χ4n) is 5.09. The van der Waals surface area contributed by atoms with Crippen molar-refractivity contribution in [2.24, 2.45) is 24.8 Å². The molecule has 2 fully saturated rings. The van der Waals surface area contributed by atoms with Gasteiger partial charge in [-0.3, -0.25) is 14.7 Å². The number of alkyl halides is 3. The number of nitrogens with one attached hydrogen (secondary N) is 1. The van der Waals surface area contributed by atoms with Crippen molar-refractivity contribution in [1.82, 2.24) is 24.3 Å². The van der Waals surface area contributed by atoms with Crippen LogP contribution in [0.2, 0.25) is 0 Å². The molecule has 1 aliphatic heterocycles. The van der Waals surface area contributed by atoms with E-state index in [9.17, 15) is 22.8 Å². The molecule has 5 rings (SSSR count). The molecule has 39 heavy (non-hydrogen) atoms. The van der Waals surface area contributed by atoms with Crippen LogP contribution in [-0.4, -0.2) is 68.9 Å². The van der Waals surface area contributed by atoms with E-state index in [0.717, 1.165) is 0 Å². The van der Waals surface area contributed by atoms with E-state index in [0.29, 0.717) is 42.7 Å². The van der Waals surface area contributed by atoms with Gasteiger partial charge < -0.3 is 24.3 Å². The number of piperidine rings is 1. The van der Waals surface area contributed by atoms with Gasteiger partial charge in [-0.2, -0.15) is 0 Å². The number of hydrogen-bond donors (Lipinski definition) is 1. The Labute approximate surface area is 222 Å². The van der Waals surface area contributed by atoms with Crippen molar-refractivity contribution in [1.29, 1.82) is 0 Å². The molecule has 2 aromatic heterocycles. The van der Waals surface area contributed by atoms with Gasteiger partial charge in [0.15, 0.2) is 0 Å². The first-order valence-corrected chi connectivity index (χ1v) is 12.3. The number of ether oxygens (including phenoxy) is 2. The van der Waals surface area contributed by atoms with Gasteiger partial charge in [0, 0.05) is 39.4 Å². The van der Waals surface area contributed by atoms with E-state index >= 15 is 0 Å². The summed E-state index contributed by atoms with van der Waals surface area (Å²) in [5, 5.41) is 2.83. The normalized spacial score (nSPS) is 20.3. The molecule has 1 N–H and O–H groups in total. The maximum absolute atomic E-state index is 13.1. The largest absolute Gasteiger partial charge is 0.573 e. The van der Waals surface area contributed by atoms with Gasteiger partial charge in [-0.25, -0.2) is 9.78 Å². The lowest BCUT2D eigenvalue weighted by atomic mass is 10.2. The second kappa shape index (κ2) is 10.9. The van der Waals surface area contributed by atoms with Gasteiger partial charge in [-0.05, 0) is 47.6 Å². The molecule has 2 aliphatic rings. The Morgan fingerprint density at radius 3 is 2.64 bits per heavy atom. The fraction of sp³-hybridized carbons (Fsp3) is 0.385. The van der Waals surface area contributed by atoms with Crippen molar-refractivity contribution < 1.29 is 32.2 Å². The van der Waals surface area contributed by atoms with Crippen LogP contribution in [0.5, 0.6) is 11.6 Å². The first-order chi connectivity index (χ1) is 18.6. The zero-order chi connectivity index (χ0) is 27.6. The molecule has 2 unspecified atom stereocenters. The lowest BCUT2D eigenvalue weighted by Gasteiger charge is -2.24. The minimum Gasteiger partial charge on any atom is -0.406 e. The zero-order valence-electron chi connectivity index (χ0n) is 21.0. The smallest absolute Gasteiger partial charge is 0.406 e. The van der Waals surface area contributed by atoms with Gasteiger partial charge in [0.1, 0.15) is 5.75 Å². The lowest BCUT2D eigenvalue weighted by Crippen LogP contribution is -2.38. The lowest BCUT2D eigenvalue weighted by molar-refractivity contribution is -0.274. The number of carbonyl (C=O) groups excluding carboxylic acids is 2. The first-order valence-electron chi connectivity index (χ1n) is 12.3. The van der Waals surface area contributed by atoms with E-state index in [1.54, 1.807) is 48.4 Å². The number of hydrogen-bond acceptors (Lipinski definition) is 7. The molecule has 0 radical (unpaired) electrons. The highest BCUT2D eigenvalue weighted by molar-refractivity contribution is 5.92. The monoisotopic (exact) mass is 544 g/mol. The Bertz CT molecular complexity index is 1310. The molecule has 2 atom stereocenters. The van der Waals surface area contributed by atoms with Crippen molar-refractivity contribution in [2.75, 3.05) is 31.5 Å². The molecule has 13 heteroatoms. The molecule has 1 saturated heterocycles. The van der Waals surface area contributed by atoms with E-state index in [1.807, 2.05) is 0 Å². The summed E-state index contributed by atoms with van der Waals surface area (Å²) in [6.45, 7) is 2.09. The van der Waals surface area contributed by atoms with E-state index in [1.165, 1.54) is 29.4 Å². The van der Waals surface area contributed by atoms with Crippen LogP contribution in [0.4, 0.5) is 23.7 Å². The highest BCUT2D eigenvalue weighted by atomic mass is 19.4. The van der Waals surface area contributed by atoms with Gasteiger partial charge in [0.2, 0.25) is 11.8 Å². The summed E-state index contributed by atoms with van der Waals surface area (Å²) in [7, 11) is 1.74. The van der Waals surface area contributed by atoms with Crippen LogP contribution in [0.1, 0.15) is 5.56 Å². The summed E-state index contributed by atoms with van der Waals surface area (Å²) in [5.74, 6) is 0.448. The predicted octanol–water partition coefficient (Wildman–Crippen LogP) is 3.53. The average molecular weight is 545 g/mol. The van der Waals surface area contributed by atoms with Gasteiger partial charge in [-0.15, -0.1) is 13.2 Å². The van der Waals surface area contributed by atoms with Gasteiger partial charge >= 0.3 is 12.5 Å². The van der Waals surface area contributed by atoms with Crippen molar-refractivity contribution in [3.05, 3.63) is 66.9 Å². The SMILES string of the molecule is Cn1cnc(OC(=O)N(Cc2cccc(OC(F)(F)F)c2)CC2C3CN(CC(=O)Nc4cccnc4)CC32)c1. The van der Waals surface area contributed by atoms with Crippen molar-refractivity contribution in [3.63, 3.8) is 0 Å². The Morgan fingerprint density at radius 1 is 1.18 bits per heavy atom. The highest BCUT2D eigenvalue weighted by Crippen LogP contribution is 2.52. The molecular weight excluding hydrogens is 517 g/mol. The van der Waals surface area contributed by atoms with Gasteiger partial charge in [0.05, 0.1) is 31.0 Å². The Morgan fingerprint density at radius 2 is 1.97 bits per heavy atom. The zero-order valence-corrected chi connectivity index (χ0v) is 21.0. The number of likely N-dealkylation sites (tertiary alicyclic amines) is 1. The number of aromatic nitrogens is 3. The Kier molecular flexibility index (Phi) is 7.42. The van der Waals surface area contributed by atoms with Crippen molar-refractivity contribution in [2.45, 2.75) is 12.9 Å². The van der Waals surface area contributed by atoms with E-state index in [4.69, 9.17) is 4.74 Å². The number of aryl methyl sites for hydroxylation is 1. The molecule has 10 nitrogen and oxygen atoms in total. The molecule has 3 heterocycles. The molecule has 1 saturated carbocycles. The van der Waals surface area contributed by atoms with Gasteiger partial charge in [-0.1, -0.05) is 12.1 Å². The van der Waals surface area contributed by atoms with Crippen LogP contribution in [-0.2, 0) is 18.4 Å². The third-order valence-corrected chi connectivity index (χ3v) is 6.83. The number of carbonyl (C=O) groups is 2. The minimum absolute atomic E-state index is 0.0356. The Hall–Kier alpha value is -4.13. The second-order valence-electron chi connectivity index (χ2n) is 9.80. The van der Waals surface area contributed by atoms with Gasteiger partial charge in [0.25, 0.3) is 0 Å². The van der Waals surface area contributed by atoms with Crippen molar-refractivity contribution >= 4 is 17.7 Å². The summed E-state index contributed by atoms with van der Waals surface area (Å²) >= 11 is 0. The summed E-state index contributed by atoms with van der Waals surface area (Å²) in [6.07, 6.45) is 0.797. The molecule has 206 valence electrons. The van der Waals surface area contributed by atoms with Crippen LogP contribution in [0, 0.1) is 17.8 Å². The molecule has 3 aromatic rings. The maximum atomic E-state index is 13.1. The topological polar surface area (TPSA) is 102 Å². The molecule has 0 spiro atoms. The quantitative estimate of drug-likeness (QED) is 0.440. The molecule has 0 bridgehead atoms. The van der Waals surface area contributed by atoms with Crippen LogP contribution in [0.15, 0.2) is 61.3 Å². The standard InChI is InChI=1S/C26H27F3N6O4/c1-33-15-24(31-16-33)38-25(37)35(10-17-4-2-6-19(8-17)39-26(27,28)29)13-22-20-11-34(12-21(20)22)14-23(36)32-18-5-3-7-30-9-18/h2-9,15-16,20-22H,10-14H2,1H3,(H,32,36). The van der Waals surface area contributed by atoms with Crippen molar-refractivity contribution in [3.8, 4) is 11.6 Å². The number of nitrogens with zero attached hydrogens (tertiary/aromatic N) is 5. The summed E-state index contributed by atoms with van der Waals surface area (Å²) in [5.41, 5.74) is 1.10. The summed E-state index contributed by atoms with van der Waals surface area (Å²) in [4.78, 5) is 37.0.